The summed E-state index contributed by atoms with van der Waals surface area (Å²) >= 11 is 0. The molecule has 0 N–H and O–H groups in total. The molecule has 0 fully saturated rings. The monoisotopic (exact) mass is 226 g/mol. The predicted molar refractivity (Wildman–Crippen MR) is 40.5 cm³/mol. The summed E-state index contributed by atoms with van der Waals surface area (Å²) in [5, 5.41) is 0. The molecule has 0 aromatic carbocycles. The van der Waals surface area contributed by atoms with Crippen molar-refractivity contribution in [3.05, 3.63) is 18.7 Å². The average molecular weight is 226 g/mol. The van der Waals surface area contributed by atoms with Crippen LogP contribution in [0.5, 0.6) is 0 Å². The molecule has 0 radical (unpaired) electrons. The number of hydrogen-bond donors (Lipinski definition) is 0. The van der Waals surface area contributed by atoms with E-state index in [4.69, 9.17) is 4.42 Å². The van der Waals surface area contributed by atoms with Gasteiger partial charge in [-0.25, -0.2) is 4.98 Å². The van der Waals surface area contributed by atoms with E-state index in [1.54, 1.807) is 0 Å². The van der Waals surface area contributed by atoms with Gasteiger partial charge in [-0.3, -0.25) is 0 Å². The number of aromatic nitrogens is 2. The molecule has 0 atom stereocenters. The predicted octanol–water partition coefficient (Wildman–Crippen LogP) is -1.72. The Morgan fingerprint density at radius 2 is 1.93 bits per heavy atom. The zero-order valence-corrected chi connectivity index (χ0v) is 10.4. The first-order valence-corrected chi connectivity index (χ1v) is 3.46. The fourth-order valence-electron chi connectivity index (χ4n) is 0.948. The molecular formula is C6H3BF3KN2O. The molecule has 68 valence electrons. The van der Waals surface area contributed by atoms with Gasteiger partial charge in [0.25, 0.3) is 0 Å². The van der Waals surface area contributed by atoms with Gasteiger partial charge in [0.15, 0.2) is 17.6 Å². The quantitative estimate of drug-likeness (QED) is 0.543. The van der Waals surface area contributed by atoms with Gasteiger partial charge < -0.3 is 17.4 Å². The van der Waals surface area contributed by atoms with E-state index in [9.17, 15) is 12.9 Å². The Labute approximate surface area is 120 Å². The number of halogens is 3. The number of rotatable bonds is 1. The Hall–Kier alpha value is 0.111. The van der Waals surface area contributed by atoms with E-state index in [1.165, 1.54) is 0 Å². The molecule has 0 aliphatic carbocycles. The summed E-state index contributed by atoms with van der Waals surface area (Å²) in [7, 11) is 0. The Morgan fingerprint density at radius 3 is 2.57 bits per heavy atom. The van der Waals surface area contributed by atoms with E-state index in [0.717, 1.165) is 18.7 Å². The summed E-state index contributed by atoms with van der Waals surface area (Å²) in [6, 6.07) is 0.898. The smallest absolute Gasteiger partial charge is 0.445 e. The SMILES string of the molecule is F[B-](F)(F)c1cnc2ncoc2c1.[K+]. The minimum absolute atomic E-state index is 0. The van der Waals surface area contributed by atoms with Crippen LogP contribution in [0.1, 0.15) is 0 Å². The molecule has 8 heteroatoms. The van der Waals surface area contributed by atoms with Crippen LogP contribution >= 0.6 is 0 Å². The first kappa shape index (κ1) is 12.2. The van der Waals surface area contributed by atoms with Gasteiger partial charge in [-0.1, -0.05) is 5.46 Å². The third-order valence-electron chi connectivity index (χ3n) is 1.59. The second-order valence-corrected chi connectivity index (χ2v) is 2.52. The molecule has 14 heavy (non-hydrogen) atoms. The zero-order valence-electron chi connectivity index (χ0n) is 7.25. The molecule has 0 saturated heterocycles. The van der Waals surface area contributed by atoms with Crippen LogP contribution in [0, 0.1) is 0 Å². The summed E-state index contributed by atoms with van der Waals surface area (Å²) in [5.41, 5.74) is -0.537. The molecular weight excluding hydrogens is 223 g/mol. The molecule has 3 nitrogen and oxygen atoms in total. The second-order valence-electron chi connectivity index (χ2n) is 2.52. The number of oxazole rings is 1. The van der Waals surface area contributed by atoms with Gasteiger partial charge in [-0.15, -0.1) is 0 Å². The zero-order chi connectivity index (χ0) is 9.47. The fourth-order valence-corrected chi connectivity index (χ4v) is 0.948. The first-order chi connectivity index (χ1) is 6.07. The maximum absolute atomic E-state index is 12.2. The van der Waals surface area contributed by atoms with E-state index in [-0.39, 0.29) is 62.6 Å². The molecule has 0 amide bonds. The normalized spacial score (nSPS) is 11.4. The van der Waals surface area contributed by atoms with Crippen molar-refractivity contribution in [3.63, 3.8) is 0 Å². The standard InChI is InChI=1S/C6H3BF3N2O.K/c8-7(9,10)4-1-5-6(11-2-4)12-3-13-5;/h1-3H;/q-1;+1. The molecule has 0 aliphatic rings. The van der Waals surface area contributed by atoms with Crippen molar-refractivity contribution in [1.29, 1.82) is 0 Å². The third kappa shape index (κ3) is 2.37. The first-order valence-electron chi connectivity index (χ1n) is 3.46. The van der Waals surface area contributed by atoms with Crippen molar-refractivity contribution < 1.29 is 68.7 Å². The summed E-state index contributed by atoms with van der Waals surface area (Å²) in [6.45, 7) is -5.02. The second kappa shape index (κ2) is 4.32. The minimum Gasteiger partial charge on any atom is -0.445 e. The van der Waals surface area contributed by atoms with Crippen LogP contribution in [0.25, 0.3) is 11.2 Å². The largest absolute Gasteiger partial charge is 1.00 e. The molecule has 2 heterocycles. The Kier molecular flexibility index (Phi) is 3.75. The fraction of sp³-hybridized carbons (Fsp3) is 0. The van der Waals surface area contributed by atoms with Gasteiger partial charge in [-0.05, 0) is 6.07 Å². The van der Waals surface area contributed by atoms with Crippen molar-refractivity contribution >= 4 is 23.7 Å². The van der Waals surface area contributed by atoms with Gasteiger partial charge >= 0.3 is 58.4 Å². The molecule has 0 spiro atoms. The van der Waals surface area contributed by atoms with Crippen LogP contribution < -0.4 is 56.8 Å². The van der Waals surface area contributed by atoms with Gasteiger partial charge in [0, 0.05) is 6.20 Å². The minimum atomic E-state index is -5.02. The third-order valence-corrected chi connectivity index (χ3v) is 1.59. The van der Waals surface area contributed by atoms with Crippen LogP contribution in [0.2, 0.25) is 0 Å². The molecule has 2 aromatic rings. The van der Waals surface area contributed by atoms with Crippen LogP contribution in [0.4, 0.5) is 12.9 Å². The molecule has 2 rings (SSSR count). The van der Waals surface area contributed by atoms with Gasteiger partial charge in [-0.2, -0.15) is 4.98 Å². The number of pyridine rings is 1. The molecule has 0 aliphatic heterocycles. The summed E-state index contributed by atoms with van der Waals surface area (Å²) in [6.07, 6.45) is 1.82. The van der Waals surface area contributed by atoms with Crippen molar-refractivity contribution in [2.45, 2.75) is 0 Å². The Bertz CT molecular complexity index is 444. The molecule has 0 unspecified atom stereocenters. The van der Waals surface area contributed by atoms with Gasteiger partial charge in [0.05, 0.1) is 0 Å². The van der Waals surface area contributed by atoms with Gasteiger partial charge in [0.2, 0.25) is 0 Å². The van der Waals surface area contributed by atoms with Crippen molar-refractivity contribution in [2.75, 3.05) is 0 Å². The number of fused-ring (bicyclic) bond motifs is 1. The average Bonchev–Trinajstić information content (AvgIpc) is 2.47. The van der Waals surface area contributed by atoms with Crippen LogP contribution in [-0.4, -0.2) is 16.9 Å². The van der Waals surface area contributed by atoms with Crippen molar-refractivity contribution in [3.8, 4) is 0 Å². The van der Waals surface area contributed by atoms with E-state index < -0.39 is 12.4 Å². The number of nitrogens with zero attached hydrogens (tertiary/aromatic N) is 2. The topological polar surface area (TPSA) is 38.9 Å². The van der Waals surface area contributed by atoms with Gasteiger partial charge in [0.1, 0.15) is 0 Å². The van der Waals surface area contributed by atoms with E-state index in [1.807, 2.05) is 0 Å². The van der Waals surface area contributed by atoms with E-state index in [0.29, 0.717) is 0 Å². The Morgan fingerprint density at radius 1 is 1.21 bits per heavy atom. The maximum Gasteiger partial charge on any atom is 1.00 e. The van der Waals surface area contributed by atoms with Crippen LogP contribution in [0.3, 0.4) is 0 Å². The van der Waals surface area contributed by atoms with E-state index >= 15 is 0 Å². The van der Waals surface area contributed by atoms with Crippen LogP contribution in [0.15, 0.2) is 23.1 Å². The molecule has 0 saturated carbocycles. The summed E-state index contributed by atoms with van der Waals surface area (Å²) < 4.78 is 41.2. The molecule has 0 bridgehead atoms. The molecule has 2 aromatic heterocycles. The van der Waals surface area contributed by atoms with Crippen molar-refractivity contribution in [2.24, 2.45) is 0 Å². The maximum atomic E-state index is 12.2. The van der Waals surface area contributed by atoms with Crippen LogP contribution in [-0.2, 0) is 0 Å². The summed E-state index contributed by atoms with van der Waals surface area (Å²) in [4.78, 5) is 7.10. The van der Waals surface area contributed by atoms with Crippen molar-refractivity contribution in [1.82, 2.24) is 9.97 Å². The number of hydrogen-bond acceptors (Lipinski definition) is 3. The Balaban J connectivity index is 0.000000980. The van der Waals surface area contributed by atoms with E-state index in [2.05, 4.69) is 9.97 Å². The summed E-state index contributed by atoms with van der Waals surface area (Å²) in [5.74, 6) is 0.